The number of aromatic nitrogens is 1. The molecule has 1 saturated carbocycles. The lowest BCUT2D eigenvalue weighted by atomic mass is 9.87. The predicted molar refractivity (Wildman–Crippen MR) is 85.6 cm³/mol. The second kappa shape index (κ2) is 6.02. The highest BCUT2D eigenvalue weighted by Gasteiger charge is 2.21. The number of hydrogen-bond acceptors (Lipinski definition) is 2. The molecule has 2 aromatic rings. The molecule has 0 spiro atoms. The number of amides is 1. The van der Waals surface area contributed by atoms with Crippen LogP contribution in [0.2, 0.25) is 5.15 Å². The number of halogens is 1. The lowest BCUT2D eigenvalue weighted by Crippen LogP contribution is -2.37. The number of carbonyl (C=O) groups is 1. The maximum atomic E-state index is 12.5. The molecule has 1 aromatic carbocycles. The number of benzene rings is 1. The van der Waals surface area contributed by atoms with Crippen molar-refractivity contribution in [2.75, 3.05) is 0 Å². The normalized spacial score (nSPS) is 22.2. The van der Waals surface area contributed by atoms with E-state index in [2.05, 4.69) is 17.2 Å². The first-order valence-corrected chi connectivity index (χ1v) is 7.87. The average molecular weight is 303 g/mol. The van der Waals surface area contributed by atoms with Gasteiger partial charge in [0.15, 0.2) is 0 Å². The minimum absolute atomic E-state index is 0.0464. The molecule has 0 aliphatic heterocycles. The Kier molecular flexibility index (Phi) is 4.11. The average Bonchev–Trinajstić information content (AvgIpc) is 2.50. The summed E-state index contributed by atoms with van der Waals surface area (Å²) in [4.78, 5) is 16.7. The van der Waals surface area contributed by atoms with E-state index in [-0.39, 0.29) is 11.9 Å². The Morgan fingerprint density at radius 1 is 1.19 bits per heavy atom. The summed E-state index contributed by atoms with van der Waals surface area (Å²) in [6, 6.07) is 7.91. The van der Waals surface area contributed by atoms with E-state index in [0.29, 0.717) is 10.7 Å². The van der Waals surface area contributed by atoms with Crippen LogP contribution in [0, 0.1) is 5.92 Å². The van der Waals surface area contributed by atoms with Crippen LogP contribution >= 0.6 is 11.6 Å². The summed E-state index contributed by atoms with van der Waals surface area (Å²) in [5.41, 5.74) is 0.605. The van der Waals surface area contributed by atoms with Crippen molar-refractivity contribution in [2.45, 2.75) is 38.6 Å². The molecule has 0 atom stereocenters. The van der Waals surface area contributed by atoms with E-state index >= 15 is 0 Å². The van der Waals surface area contributed by atoms with E-state index in [0.717, 1.165) is 29.5 Å². The Morgan fingerprint density at radius 3 is 2.57 bits per heavy atom. The molecule has 1 N–H and O–H groups in total. The van der Waals surface area contributed by atoms with Crippen molar-refractivity contribution < 1.29 is 4.79 Å². The lowest BCUT2D eigenvalue weighted by molar-refractivity contribution is 0.0924. The van der Waals surface area contributed by atoms with Gasteiger partial charge in [0, 0.05) is 17.6 Å². The van der Waals surface area contributed by atoms with Crippen molar-refractivity contribution >= 4 is 28.3 Å². The zero-order valence-corrected chi connectivity index (χ0v) is 12.9. The Labute approximate surface area is 129 Å². The van der Waals surface area contributed by atoms with Gasteiger partial charge in [0.1, 0.15) is 5.15 Å². The van der Waals surface area contributed by atoms with Crippen molar-refractivity contribution in [2.24, 2.45) is 5.92 Å². The number of pyridine rings is 1. The molecule has 0 radical (unpaired) electrons. The number of hydrogen-bond donors (Lipinski definition) is 1. The van der Waals surface area contributed by atoms with E-state index in [1.165, 1.54) is 12.8 Å². The minimum Gasteiger partial charge on any atom is -0.349 e. The third-order valence-corrected chi connectivity index (χ3v) is 4.64. The summed E-state index contributed by atoms with van der Waals surface area (Å²) in [7, 11) is 0. The van der Waals surface area contributed by atoms with Crippen molar-refractivity contribution in [1.82, 2.24) is 10.3 Å². The molecule has 1 aromatic heterocycles. The predicted octanol–water partition coefficient (Wildman–Crippen LogP) is 4.20. The molecule has 4 heteroatoms. The summed E-state index contributed by atoms with van der Waals surface area (Å²) >= 11 is 6.10. The number of fused-ring (bicyclic) bond motifs is 1. The number of rotatable bonds is 2. The summed E-state index contributed by atoms with van der Waals surface area (Å²) in [6.07, 6.45) is 6.07. The molecular formula is C17H19ClN2O. The second-order valence-electron chi connectivity index (χ2n) is 5.94. The van der Waals surface area contributed by atoms with Crippen LogP contribution in [0.3, 0.4) is 0 Å². The Balaban J connectivity index is 1.83. The zero-order chi connectivity index (χ0) is 14.8. The van der Waals surface area contributed by atoms with E-state index < -0.39 is 0 Å². The highest BCUT2D eigenvalue weighted by molar-refractivity contribution is 6.34. The first kappa shape index (κ1) is 14.3. The topological polar surface area (TPSA) is 42.0 Å². The fourth-order valence-corrected chi connectivity index (χ4v) is 3.22. The van der Waals surface area contributed by atoms with Gasteiger partial charge in [-0.3, -0.25) is 4.79 Å². The summed E-state index contributed by atoms with van der Waals surface area (Å²) in [5.74, 6) is 0.728. The summed E-state index contributed by atoms with van der Waals surface area (Å²) < 4.78 is 0. The molecule has 1 amide bonds. The second-order valence-corrected chi connectivity index (χ2v) is 6.30. The molecule has 3 nitrogen and oxygen atoms in total. The Hall–Kier alpha value is -1.61. The zero-order valence-electron chi connectivity index (χ0n) is 12.1. The van der Waals surface area contributed by atoms with Crippen LogP contribution < -0.4 is 5.32 Å². The largest absolute Gasteiger partial charge is 0.349 e. The molecule has 1 aliphatic rings. The standard InChI is InChI=1S/C17H19ClN2O/c1-11-6-8-12(9-7-11)20-17(21)15-10-19-16(18)14-5-3-2-4-13(14)15/h2-5,10-12H,6-9H2,1H3,(H,20,21). The van der Waals surface area contributed by atoms with Crippen molar-refractivity contribution in [3.05, 3.63) is 41.2 Å². The summed E-state index contributed by atoms with van der Waals surface area (Å²) in [6.45, 7) is 2.27. The maximum absolute atomic E-state index is 12.5. The molecule has 0 bridgehead atoms. The Bertz CT molecular complexity index is 663. The van der Waals surface area contributed by atoms with Gasteiger partial charge in [-0.05, 0) is 37.0 Å². The molecule has 0 unspecified atom stereocenters. The fraction of sp³-hybridized carbons (Fsp3) is 0.412. The SMILES string of the molecule is CC1CCC(NC(=O)c2cnc(Cl)c3ccccc23)CC1. The van der Waals surface area contributed by atoms with Gasteiger partial charge in [-0.25, -0.2) is 4.98 Å². The molecule has 0 saturated heterocycles. The lowest BCUT2D eigenvalue weighted by Gasteiger charge is -2.27. The minimum atomic E-state index is -0.0464. The highest BCUT2D eigenvalue weighted by atomic mass is 35.5. The van der Waals surface area contributed by atoms with Gasteiger partial charge >= 0.3 is 0 Å². The number of carbonyl (C=O) groups excluding carboxylic acids is 1. The van der Waals surface area contributed by atoms with Crippen LogP contribution in [-0.4, -0.2) is 16.9 Å². The van der Waals surface area contributed by atoms with Crippen LogP contribution in [0.5, 0.6) is 0 Å². The third-order valence-electron chi connectivity index (χ3n) is 4.34. The smallest absolute Gasteiger partial charge is 0.253 e. The summed E-state index contributed by atoms with van der Waals surface area (Å²) in [5, 5.41) is 5.27. The number of nitrogens with zero attached hydrogens (tertiary/aromatic N) is 1. The van der Waals surface area contributed by atoms with Crippen LogP contribution in [-0.2, 0) is 0 Å². The molecule has 1 aliphatic carbocycles. The van der Waals surface area contributed by atoms with Gasteiger partial charge in [-0.1, -0.05) is 42.8 Å². The molecule has 110 valence electrons. The van der Waals surface area contributed by atoms with Crippen LogP contribution in [0.1, 0.15) is 43.0 Å². The van der Waals surface area contributed by atoms with Gasteiger partial charge in [0.2, 0.25) is 0 Å². The monoisotopic (exact) mass is 302 g/mol. The van der Waals surface area contributed by atoms with Gasteiger partial charge in [0.05, 0.1) is 5.56 Å². The molecule has 1 heterocycles. The highest BCUT2D eigenvalue weighted by Crippen LogP contribution is 2.26. The molecular weight excluding hydrogens is 284 g/mol. The first-order chi connectivity index (χ1) is 10.1. The van der Waals surface area contributed by atoms with Crippen LogP contribution in [0.15, 0.2) is 30.5 Å². The maximum Gasteiger partial charge on any atom is 0.253 e. The van der Waals surface area contributed by atoms with E-state index in [9.17, 15) is 4.79 Å². The van der Waals surface area contributed by atoms with E-state index in [1.54, 1.807) is 6.20 Å². The Morgan fingerprint density at radius 2 is 1.86 bits per heavy atom. The molecule has 1 fully saturated rings. The number of nitrogens with one attached hydrogen (secondary N) is 1. The molecule has 3 rings (SSSR count). The van der Waals surface area contributed by atoms with E-state index in [1.807, 2.05) is 24.3 Å². The quantitative estimate of drug-likeness (QED) is 0.845. The van der Waals surface area contributed by atoms with Crippen molar-refractivity contribution in [3.63, 3.8) is 0 Å². The first-order valence-electron chi connectivity index (χ1n) is 7.49. The van der Waals surface area contributed by atoms with Crippen molar-refractivity contribution in [3.8, 4) is 0 Å². The van der Waals surface area contributed by atoms with Crippen molar-refractivity contribution in [1.29, 1.82) is 0 Å². The van der Waals surface area contributed by atoms with Gasteiger partial charge in [0.25, 0.3) is 5.91 Å². The molecule has 21 heavy (non-hydrogen) atoms. The van der Waals surface area contributed by atoms with Gasteiger partial charge < -0.3 is 5.32 Å². The van der Waals surface area contributed by atoms with Crippen LogP contribution in [0.4, 0.5) is 0 Å². The van der Waals surface area contributed by atoms with Gasteiger partial charge in [-0.15, -0.1) is 0 Å². The van der Waals surface area contributed by atoms with Crippen LogP contribution in [0.25, 0.3) is 10.8 Å². The fourth-order valence-electron chi connectivity index (χ4n) is 3.01. The third kappa shape index (κ3) is 3.03. The van der Waals surface area contributed by atoms with Gasteiger partial charge in [-0.2, -0.15) is 0 Å². The van der Waals surface area contributed by atoms with E-state index in [4.69, 9.17) is 11.6 Å².